The molecule has 0 amide bonds. The number of aromatic nitrogens is 2. The van der Waals surface area contributed by atoms with Gasteiger partial charge in [-0.15, -0.1) is 0 Å². The Morgan fingerprint density at radius 3 is 2.57 bits per heavy atom. The van der Waals surface area contributed by atoms with Crippen LogP contribution in [-0.2, 0) is 6.54 Å². The molecule has 1 aromatic heterocycles. The standard InChI is InChI=1S/C17H21F2N5O3S/c1-3-4-9-24-13(20)12(14(25)22-16(24)26)23(2)17(28)21-10-5-7-11(8-6-10)27-15(18)19/h5-8,15H,3-4,9,20H2,1-2H3,(H,21,28)(H,22,25,26). The number of ether oxygens (including phenoxy) is 1. The average Bonchev–Trinajstić information content (AvgIpc) is 2.62. The molecule has 152 valence electrons. The second-order valence-corrected chi connectivity index (χ2v) is 6.28. The summed E-state index contributed by atoms with van der Waals surface area (Å²) in [6.45, 7) is -0.578. The molecule has 0 saturated heterocycles. The number of anilines is 3. The van der Waals surface area contributed by atoms with Crippen LogP contribution < -0.4 is 31.9 Å². The summed E-state index contributed by atoms with van der Waals surface area (Å²) in [5.74, 6) is 0.0121. The lowest BCUT2D eigenvalue weighted by Crippen LogP contribution is -2.40. The van der Waals surface area contributed by atoms with E-state index in [4.69, 9.17) is 18.0 Å². The molecule has 0 aliphatic carbocycles. The van der Waals surface area contributed by atoms with Gasteiger partial charge in [0.05, 0.1) is 0 Å². The predicted octanol–water partition coefficient (Wildman–Crippen LogP) is 2.35. The van der Waals surface area contributed by atoms with Gasteiger partial charge in [-0.05, 0) is 42.9 Å². The first-order valence-electron chi connectivity index (χ1n) is 8.46. The summed E-state index contributed by atoms with van der Waals surface area (Å²) in [5.41, 5.74) is 5.33. The second kappa shape index (κ2) is 9.31. The van der Waals surface area contributed by atoms with Crippen LogP contribution in [0.15, 0.2) is 33.9 Å². The van der Waals surface area contributed by atoms with E-state index in [-0.39, 0.29) is 22.4 Å². The van der Waals surface area contributed by atoms with E-state index < -0.39 is 17.9 Å². The summed E-state index contributed by atoms with van der Waals surface area (Å²) < 4.78 is 30.0. The van der Waals surface area contributed by atoms with Crippen molar-refractivity contribution in [1.82, 2.24) is 9.55 Å². The number of rotatable bonds is 7. The number of nitrogens with zero attached hydrogens (tertiary/aromatic N) is 2. The number of benzene rings is 1. The molecule has 0 atom stereocenters. The van der Waals surface area contributed by atoms with Crippen molar-refractivity contribution in [1.29, 1.82) is 0 Å². The molecular formula is C17H21F2N5O3S. The highest BCUT2D eigenvalue weighted by Gasteiger charge is 2.19. The van der Waals surface area contributed by atoms with Gasteiger partial charge in [0.25, 0.3) is 5.56 Å². The molecule has 0 fully saturated rings. The van der Waals surface area contributed by atoms with E-state index >= 15 is 0 Å². The molecule has 0 aliphatic heterocycles. The highest BCUT2D eigenvalue weighted by molar-refractivity contribution is 7.80. The number of nitrogens with one attached hydrogen (secondary N) is 2. The molecule has 0 radical (unpaired) electrons. The first kappa shape index (κ1) is 21.4. The predicted molar refractivity (Wildman–Crippen MR) is 108 cm³/mol. The first-order chi connectivity index (χ1) is 13.2. The van der Waals surface area contributed by atoms with Crippen molar-refractivity contribution in [2.24, 2.45) is 0 Å². The van der Waals surface area contributed by atoms with E-state index in [1.54, 1.807) is 0 Å². The lowest BCUT2D eigenvalue weighted by Gasteiger charge is -2.23. The summed E-state index contributed by atoms with van der Waals surface area (Å²) in [6.07, 6.45) is 1.57. The molecule has 1 aromatic carbocycles. The molecule has 0 spiro atoms. The quantitative estimate of drug-likeness (QED) is 0.599. The number of hydrogen-bond acceptors (Lipinski definition) is 5. The fourth-order valence-electron chi connectivity index (χ4n) is 2.47. The monoisotopic (exact) mass is 413 g/mol. The molecule has 0 bridgehead atoms. The van der Waals surface area contributed by atoms with Crippen molar-refractivity contribution < 1.29 is 13.5 Å². The fourth-order valence-corrected chi connectivity index (χ4v) is 2.68. The van der Waals surface area contributed by atoms with Gasteiger partial charge in [-0.3, -0.25) is 14.3 Å². The molecular weight excluding hydrogens is 392 g/mol. The summed E-state index contributed by atoms with van der Waals surface area (Å²) >= 11 is 5.29. The van der Waals surface area contributed by atoms with Gasteiger partial charge in [0, 0.05) is 19.3 Å². The molecule has 11 heteroatoms. The maximum absolute atomic E-state index is 12.3. The summed E-state index contributed by atoms with van der Waals surface area (Å²) in [4.78, 5) is 27.9. The number of H-pyrrole nitrogens is 1. The number of thiocarbonyl (C=S) groups is 1. The summed E-state index contributed by atoms with van der Waals surface area (Å²) in [6, 6.07) is 5.69. The van der Waals surface area contributed by atoms with Crippen LogP contribution in [-0.4, -0.2) is 28.3 Å². The molecule has 2 aromatic rings. The van der Waals surface area contributed by atoms with E-state index in [9.17, 15) is 18.4 Å². The number of aromatic amines is 1. The topological polar surface area (TPSA) is 105 Å². The van der Waals surface area contributed by atoms with Crippen LogP contribution in [0.2, 0.25) is 0 Å². The lowest BCUT2D eigenvalue weighted by molar-refractivity contribution is -0.0498. The first-order valence-corrected chi connectivity index (χ1v) is 8.87. The number of nitrogen functional groups attached to an aromatic ring is 1. The van der Waals surface area contributed by atoms with E-state index in [2.05, 4.69) is 15.0 Å². The molecule has 4 N–H and O–H groups in total. The van der Waals surface area contributed by atoms with Gasteiger partial charge < -0.3 is 20.7 Å². The SMILES string of the molecule is CCCCn1c(N)c(N(C)C(=S)Nc2ccc(OC(F)F)cc2)c(=O)[nH]c1=O. The number of nitrogens with two attached hydrogens (primary N) is 1. The molecule has 8 nitrogen and oxygen atoms in total. The smallest absolute Gasteiger partial charge is 0.387 e. The Bertz CT molecular complexity index is 943. The van der Waals surface area contributed by atoms with Crippen LogP contribution in [0.1, 0.15) is 19.8 Å². The van der Waals surface area contributed by atoms with Crippen molar-refractivity contribution in [2.45, 2.75) is 32.9 Å². The van der Waals surface area contributed by atoms with Gasteiger partial charge in [-0.25, -0.2) is 4.79 Å². The minimum Gasteiger partial charge on any atom is -0.435 e. The van der Waals surface area contributed by atoms with Crippen molar-refractivity contribution in [2.75, 3.05) is 23.0 Å². The van der Waals surface area contributed by atoms with Crippen LogP contribution in [0.25, 0.3) is 0 Å². The molecule has 2 rings (SSSR count). The third-order valence-electron chi connectivity index (χ3n) is 3.92. The Hall–Kier alpha value is -2.95. The Morgan fingerprint density at radius 1 is 1.36 bits per heavy atom. The summed E-state index contributed by atoms with van der Waals surface area (Å²) in [5, 5.41) is 3.00. The van der Waals surface area contributed by atoms with Crippen molar-refractivity contribution in [3.63, 3.8) is 0 Å². The van der Waals surface area contributed by atoms with Gasteiger partial charge in [0.2, 0.25) is 0 Å². The highest BCUT2D eigenvalue weighted by Crippen LogP contribution is 2.20. The van der Waals surface area contributed by atoms with E-state index in [1.165, 1.54) is 40.8 Å². The van der Waals surface area contributed by atoms with E-state index in [0.717, 1.165) is 12.8 Å². The van der Waals surface area contributed by atoms with Crippen LogP contribution >= 0.6 is 12.2 Å². The highest BCUT2D eigenvalue weighted by atomic mass is 32.1. The third kappa shape index (κ3) is 5.06. The second-order valence-electron chi connectivity index (χ2n) is 5.89. The minimum absolute atomic E-state index is 0.00325. The number of alkyl halides is 2. The van der Waals surface area contributed by atoms with E-state index in [1.807, 2.05) is 6.92 Å². The number of halogens is 2. The molecule has 0 saturated carbocycles. The fraction of sp³-hybridized carbons (Fsp3) is 0.353. The average molecular weight is 413 g/mol. The Kier molecular flexibility index (Phi) is 7.10. The lowest BCUT2D eigenvalue weighted by atomic mass is 10.3. The van der Waals surface area contributed by atoms with Crippen molar-refractivity contribution in [3.05, 3.63) is 45.1 Å². The number of unbranched alkanes of at least 4 members (excludes halogenated alkanes) is 1. The molecule has 28 heavy (non-hydrogen) atoms. The van der Waals surface area contributed by atoms with Gasteiger partial charge in [0.1, 0.15) is 17.3 Å². The van der Waals surface area contributed by atoms with Crippen molar-refractivity contribution >= 4 is 34.5 Å². The van der Waals surface area contributed by atoms with Crippen LogP contribution in [0, 0.1) is 0 Å². The van der Waals surface area contributed by atoms with Crippen LogP contribution in [0.5, 0.6) is 5.75 Å². The van der Waals surface area contributed by atoms with Gasteiger partial charge in [-0.2, -0.15) is 8.78 Å². The zero-order valence-electron chi connectivity index (χ0n) is 15.4. The van der Waals surface area contributed by atoms with Crippen LogP contribution in [0.4, 0.5) is 26.0 Å². The zero-order valence-corrected chi connectivity index (χ0v) is 16.2. The minimum atomic E-state index is -2.91. The zero-order chi connectivity index (χ0) is 20.8. The normalized spacial score (nSPS) is 10.8. The Morgan fingerprint density at radius 2 is 2.00 bits per heavy atom. The maximum Gasteiger partial charge on any atom is 0.387 e. The van der Waals surface area contributed by atoms with Gasteiger partial charge in [-0.1, -0.05) is 13.3 Å². The molecule has 0 aliphatic rings. The molecule has 0 unspecified atom stereocenters. The van der Waals surface area contributed by atoms with Crippen molar-refractivity contribution in [3.8, 4) is 5.75 Å². The van der Waals surface area contributed by atoms with Gasteiger partial charge >= 0.3 is 12.3 Å². The van der Waals surface area contributed by atoms with Gasteiger partial charge in [0.15, 0.2) is 5.11 Å². The van der Waals surface area contributed by atoms with Crippen LogP contribution in [0.3, 0.4) is 0 Å². The largest absolute Gasteiger partial charge is 0.435 e. The van der Waals surface area contributed by atoms with E-state index in [0.29, 0.717) is 12.2 Å². The molecule has 1 heterocycles. The maximum atomic E-state index is 12.3. The Labute approximate surface area is 164 Å². The third-order valence-corrected chi connectivity index (χ3v) is 4.30. The summed E-state index contributed by atoms with van der Waals surface area (Å²) in [7, 11) is 1.53. The number of hydrogen-bond donors (Lipinski definition) is 3. The Balaban J connectivity index is 2.23.